The number of carbonyl (C=O) groups excluding carboxylic acids is 4. The number of H-pyrrole nitrogens is 1. The van der Waals surface area contributed by atoms with Gasteiger partial charge in [0.1, 0.15) is 22.7 Å². The van der Waals surface area contributed by atoms with E-state index in [2.05, 4.69) is 4.98 Å². The van der Waals surface area contributed by atoms with E-state index in [9.17, 15) is 39.3 Å². The van der Waals surface area contributed by atoms with E-state index in [0.29, 0.717) is 27.8 Å². The third-order valence-corrected chi connectivity index (χ3v) is 8.82. The van der Waals surface area contributed by atoms with Crippen LogP contribution in [0.3, 0.4) is 0 Å². The molecule has 3 aliphatic rings. The fraction of sp³-hybridized carbons (Fsp3) is 0.147. The van der Waals surface area contributed by atoms with Crippen LogP contribution in [0.1, 0.15) is 71.6 Å². The van der Waals surface area contributed by atoms with Gasteiger partial charge in [-0.2, -0.15) is 0 Å². The molecule has 7 rings (SSSR count). The minimum Gasteiger partial charge on any atom is -0.507 e. The van der Waals surface area contributed by atoms with Gasteiger partial charge in [-0.1, -0.05) is 18.2 Å². The molecule has 0 aliphatic heterocycles. The number of ether oxygens (including phenoxy) is 1. The average Bonchev–Trinajstić information content (AvgIpc) is 3.73. The monoisotopic (exact) mass is 605 g/mol. The Kier molecular flexibility index (Phi) is 5.89. The molecular formula is C34H23NO10. The van der Waals surface area contributed by atoms with Crippen LogP contribution in [0, 0.1) is 0 Å². The zero-order valence-corrected chi connectivity index (χ0v) is 23.8. The van der Waals surface area contributed by atoms with Gasteiger partial charge in [-0.3, -0.25) is 24.0 Å². The number of benzene rings is 2. The van der Waals surface area contributed by atoms with Gasteiger partial charge in [-0.15, -0.1) is 0 Å². The van der Waals surface area contributed by atoms with Crippen molar-refractivity contribution in [1.29, 1.82) is 0 Å². The third kappa shape index (κ3) is 3.43. The van der Waals surface area contributed by atoms with Gasteiger partial charge in [0.25, 0.3) is 5.56 Å². The van der Waals surface area contributed by atoms with E-state index < -0.39 is 79.4 Å². The van der Waals surface area contributed by atoms with Crippen molar-refractivity contribution in [2.45, 2.75) is 25.2 Å². The van der Waals surface area contributed by atoms with E-state index >= 15 is 0 Å². The Morgan fingerprint density at radius 3 is 2.29 bits per heavy atom. The zero-order chi connectivity index (χ0) is 31.9. The number of pyridine rings is 1. The van der Waals surface area contributed by atoms with Crippen LogP contribution in [-0.2, 0) is 16.6 Å². The second-order valence-electron chi connectivity index (χ2n) is 11.0. The summed E-state index contributed by atoms with van der Waals surface area (Å²) in [7, 11) is 1.14. The molecule has 0 unspecified atom stereocenters. The van der Waals surface area contributed by atoms with E-state index in [0.717, 1.165) is 13.2 Å². The van der Waals surface area contributed by atoms with Crippen molar-refractivity contribution in [1.82, 2.24) is 4.98 Å². The lowest BCUT2D eigenvalue weighted by atomic mass is 9.75. The molecule has 0 saturated carbocycles. The Bertz CT molecular complexity index is 2230. The highest BCUT2D eigenvalue weighted by molar-refractivity contribution is 6.39. The van der Waals surface area contributed by atoms with E-state index in [-0.39, 0.29) is 23.8 Å². The summed E-state index contributed by atoms with van der Waals surface area (Å²) in [5, 5.41) is 34.5. The molecular weight excluding hydrogens is 582 g/mol. The maximum atomic E-state index is 14.4. The van der Waals surface area contributed by atoms with Crippen LogP contribution < -0.4 is 5.56 Å². The largest absolute Gasteiger partial charge is 0.507 e. The van der Waals surface area contributed by atoms with E-state index in [1.807, 2.05) is 13.0 Å². The number of phenols is 3. The number of nitrogens with one attached hydrogen (secondary N) is 1. The number of ketones is 4. The molecule has 0 radical (unpaired) electrons. The maximum Gasteiger partial charge on any atom is 0.260 e. The maximum absolute atomic E-state index is 14.4. The van der Waals surface area contributed by atoms with Gasteiger partial charge in [0.15, 0.2) is 23.1 Å². The molecule has 0 bridgehead atoms. The quantitative estimate of drug-likeness (QED) is 0.145. The number of fused-ring (bicyclic) bond motifs is 5. The van der Waals surface area contributed by atoms with Gasteiger partial charge < -0.3 is 29.5 Å². The van der Waals surface area contributed by atoms with Gasteiger partial charge in [-0.05, 0) is 49.1 Å². The van der Waals surface area contributed by atoms with E-state index in [4.69, 9.17) is 9.15 Å². The molecule has 4 aromatic rings. The average molecular weight is 606 g/mol. The smallest absolute Gasteiger partial charge is 0.260 e. The topological polar surface area (TPSA) is 184 Å². The number of rotatable bonds is 4. The van der Waals surface area contributed by atoms with Crippen LogP contribution in [0.25, 0.3) is 28.0 Å². The molecule has 11 heteroatoms. The molecule has 2 aromatic carbocycles. The summed E-state index contributed by atoms with van der Waals surface area (Å²) >= 11 is 0. The Morgan fingerprint density at radius 1 is 0.933 bits per heavy atom. The fourth-order valence-electron chi connectivity index (χ4n) is 6.95. The number of furan rings is 1. The predicted molar refractivity (Wildman–Crippen MR) is 160 cm³/mol. The fourth-order valence-corrected chi connectivity index (χ4v) is 6.95. The summed E-state index contributed by atoms with van der Waals surface area (Å²) in [4.78, 5) is 71.0. The third-order valence-electron chi connectivity index (χ3n) is 8.82. The van der Waals surface area contributed by atoms with Crippen molar-refractivity contribution in [3.63, 3.8) is 0 Å². The molecule has 0 fully saturated rings. The van der Waals surface area contributed by atoms with Crippen LogP contribution in [0.2, 0.25) is 0 Å². The molecule has 0 saturated heterocycles. The Balaban J connectivity index is 1.54. The van der Waals surface area contributed by atoms with Crippen molar-refractivity contribution in [2.24, 2.45) is 0 Å². The number of carbonyl (C=O) groups is 4. The number of hydrogen-bond donors (Lipinski definition) is 4. The molecule has 4 N–H and O–H groups in total. The molecule has 45 heavy (non-hydrogen) atoms. The minimum absolute atomic E-state index is 0.0792. The molecule has 3 aliphatic carbocycles. The van der Waals surface area contributed by atoms with Gasteiger partial charge in [-0.25, -0.2) is 0 Å². The molecule has 1 spiro atoms. The summed E-state index contributed by atoms with van der Waals surface area (Å²) in [6, 6.07) is 3.31. The first-order valence-electron chi connectivity index (χ1n) is 13.9. The van der Waals surface area contributed by atoms with E-state index in [1.165, 1.54) is 12.5 Å². The Labute approximate surface area is 253 Å². The molecule has 0 amide bonds. The number of aromatic hydroxyl groups is 3. The summed E-state index contributed by atoms with van der Waals surface area (Å²) in [6.45, 7) is 1.84. The Hall–Kier alpha value is -5.97. The lowest BCUT2D eigenvalue weighted by Crippen LogP contribution is -2.36. The van der Waals surface area contributed by atoms with Gasteiger partial charge in [0.05, 0.1) is 47.3 Å². The first-order chi connectivity index (χ1) is 21.6. The summed E-state index contributed by atoms with van der Waals surface area (Å²) in [5.74, 6) is -6.75. The summed E-state index contributed by atoms with van der Waals surface area (Å²) in [6.07, 6.45) is 10.5. The van der Waals surface area contributed by atoms with Crippen molar-refractivity contribution >= 4 is 40.0 Å². The molecule has 1 atom stereocenters. The highest BCUT2D eigenvalue weighted by atomic mass is 16.5. The molecule has 11 nitrogen and oxygen atoms in total. The number of hydrogen-bond acceptors (Lipinski definition) is 10. The van der Waals surface area contributed by atoms with Crippen molar-refractivity contribution in [2.75, 3.05) is 7.11 Å². The van der Waals surface area contributed by atoms with Crippen LogP contribution >= 0.6 is 0 Å². The Morgan fingerprint density at radius 2 is 1.64 bits per heavy atom. The molecule has 224 valence electrons. The predicted octanol–water partition coefficient (Wildman–Crippen LogP) is 4.67. The van der Waals surface area contributed by atoms with Crippen LogP contribution in [0.5, 0.6) is 17.2 Å². The van der Waals surface area contributed by atoms with Gasteiger partial charge in [0, 0.05) is 28.3 Å². The number of allylic oxidation sites excluding steroid dienone is 5. The number of methoxy groups -OCH3 is 1. The molecule has 2 heterocycles. The molecule has 2 aromatic heterocycles. The van der Waals surface area contributed by atoms with Crippen molar-refractivity contribution in [3.8, 4) is 28.4 Å². The number of Topliss-reactive ketones (excluding diaryl/α,β-unsaturated/α-hetero) is 3. The van der Waals surface area contributed by atoms with Crippen molar-refractivity contribution < 1.29 is 43.7 Å². The minimum atomic E-state index is -2.17. The van der Waals surface area contributed by atoms with Crippen LogP contribution in [0.15, 0.2) is 63.9 Å². The SMILES string of the molecule is C/C=C/C=C/c1cc2c(-c3ccoc3)c3c(c(O)c2c(=O)[nH]1)[C@@]1(CC3)C(=O)c2c(O)c3c(c(O)c2C1=O)C(=O)C(OC)=CC3=O. The summed E-state index contributed by atoms with van der Waals surface area (Å²) < 4.78 is 10.3. The van der Waals surface area contributed by atoms with Gasteiger partial charge in [0.2, 0.25) is 5.78 Å². The van der Waals surface area contributed by atoms with Crippen molar-refractivity contribution in [3.05, 3.63) is 104 Å². The highest BCUT2D eigenvalue weighted by Crippen LogP contribution is 2.59. The first-order valence-corrected chi connectivity index (χ1v) is 13.9. The van der Waals surface area contributed by atoms with Crippen LogP contribution in [0.4, 0.5) is 0 Å². The number of aromatic nitrogens is 1. The van der Waals surface area contributed by atoms with Gasteiger partial charge >= 0.3 is 0 Å². The first kappa shape index (κ1) is 27.8. The standard InChI is InChI=1S/C34H23NO10/c1-3-4-5-6-15-11-17-20(14-8-10-45-13-14)16-7-9-34(26(16)30(40)21(17)33(43)35-15)31(41)24-25(32(34)42)29(39)23-22(28(24)38)18(36)12-19(44-2)27(23)37/h3-6,8,10-13,38-40H,7,9H2,1-2H3,(H,35,43)/b4-3+,6-5+/t34-/m0/s1. The summed E-state index contributed by atoms with van der Waals surface area (Å²) in [5.41, 5.74) is -3.79. The van der Waals surface area contributed by atoms with E-state index in [1.54, 1.807) is 30.4 Å². The second kappa shape index (κ2) is 9.52. The normalized spacial score (nSPS) is 18.8. The lowest BCUT2D eigenvalue weighted by molar-refractivity contribution is 0.0790. The zero-order valence-electron chi connectivity index (χ0n) is 23.8. The second-order valence-corrected chi connectivity index (χ2v) is 11.0. The lowest BCUT2D eigenvalue weighted by Gasteiger charge is -2.24. The number of aromatic amines is 1. The number of phenolic OH excluding ortho intramolecular Hbond substituents is 3. The highest BCUT2D eigenvalue weighted by Gasteiger charge is 2.62. The van der Waals surface area contributed by atoms with Crippen LogP contribution in [-0.4, -0.2) is 50.5 Å².